The Labute approximate surface area is 138 Å². The van der Waals surface area contributed by atoms with Crippen LogP contribution in [0.4, 0.5) is 10.2 Å². The molecule has 1 aromatic carbocycles. The maximum atomic E-state index is 13.8. The van der Waals surface area contributed by atoms with Gasteiger partial charge in [0.05, 0.1) is 18.9 Å². The van der Waals surface area contributed by atoms with Crippen molar-refractivity contribution in [3.05, 3.63) is 47.4 Å². The van der Waals surface area contributed by atoms with Gasteiger partial charge in [0.25, 0.3) is 0 Å². The highest BCUT2D eigenvalue weighted by molar-refractivity contribution is 7.80. The van der Waals surface area contributed by atoms with Gasteiger partial charge < -0.3 is 15.4 Å². The summed E-state index contributed by atoms with van der Waals surface area (Å²) in [4.78, 5) is 0. The van der Waals surface area contributed by atoms with Crippen molar-refractivity contribution >= 4 is 23.1 Å². The molecule has 0 bridgehead atoms. The molecule has 118 valence electrons. The van der Waals surface area contributed by atoms with Gasteiger partial charge in [0.2, 0.25) is 0 Å². The molecule has 2 aromatic rings. The first kappa shape index (κ1) is 16.6. The Morgan fingerprint density at radius 1 is 1.43 bits per heavy atom. The van der Waals surface area contributed by atoms with Crippen molar-refractivity contribution in [2.75, 3.05) is 19.0 Å². The summed E-state index contributed by atoms with van der Waals surface area (Å²) < 4.78 is 18.9. The molecule has 2 rings (SSSR count). The van der Waals surface area contributed by atoms with Crippen LogP contribution < -0.4 is 15.4 Å². The number of halogens is 1. The third-order valence-electron chi connectivity index (χ3n) is 3.03. The fourth-order valence-corrected chi connectivity index (χ4v) is 2.14. The molecule has 0 aliphatic carbocycles. The molecule has 0 fully saturated rings. The minimum absolute atomic E-state index is 0.274. The van der Waals surface area contributed by atoms with Crippen LogP contribution in [0.15, 0.2) is 30.5 Å². The molecule has 8 heteroatoms. The number of nitrogens with one attached hydrogen (secondary N) is 2. The number of benzene rings is 1. The van der Waals surface area contributed by atoms with Gasteiger partial charge in [-0.1, -0.05) is 6.07 Å². The van der Waals surface area contributed by atoms with Crippen molar-refractivity contribution in [1.82, 2.24) is 15.5 Å². The van der Waals surface area contributed by atoms with Crippen LogP contribution in [0.3, 0.4) is 0 Å². The summed E-state index contributed by atoms with van der Waals surface area (Å²) in [7, 11) is 1.50. The van der Waals surface area contributed by atoms with E-state index in [2.05, 4.69) is 20.8 Å². The largest absolute Gasteiger partial charge is 0.496 e. The average molecular weight is 331 g/mol. The lowest BCUT2D eigenvalue weighted by molar-refractivity contribution is 0.404. The van der Waals surface area contributed by atoms with E-state index in [-0.39, 0.29) is 16.7 Å². The molecule has 0 radical (unpaired) electrons. The van der Waals surface area contributed by atoms with Crippen molar-refractivity contribution in [2.45, 2.75) is 6.42 Å². The molecule has 0 atom stereocenters. The van der Waals surface area contributed by atoms with Crippen molar-refractivity contribution in [1.29, 1.82) is 5.26 Å². The molecule has 6 nitrogen and oxygen atoms in total. The van der Waals surface area contributed by atoms with Crippen LogP contribution >= 0.6 is 12.2 Å². The Morgan fingerprint density at radius 3 is 3.00 bits per heavy atom. The average Bonchev–Trinajstić information content (AvgIpc) is 2.56. The maximum absolute atomic E-state index is 13.8. The maximum Gasteiger partial charge on any atom is 0.172 e. The Balaban J connectivity index is 1.92. The molecule has 1 heterocycles. The number of rotatable bonds is 5. The van der Waals surface area contributed by atoms with Crippen molar-refractivity contribution < 1.29 is 9.13 Å². The summed E-state index contributed by atoms with van der Waals surface area (Å²) in [5.74, 6) is 0.438. The molecular weight excluding hydrogens is 317 g/mol. The zero-order chi connectivity index (χ0) is 16.7. The predicted molar refractivity (Wildman–Crippen MR) is 87.6 cm³/mol. The first-order chi connectivity index (χ1) is 11.2. The molecule has 0 aliphatic heterocycles. The second kappa shape index (κ2) is 8.00. The second-order valence-electron chi connectivity index (χ2n) is 4.46. The number of nitriles is 1. The highest BCUT2D eigenvalue weighted by Gasteiger charge is 2.09. The second-order valence-corrected chi connectivity index (χ2v) is 4.87. The fourth-order valence-electron chi connectivity index (χ4n) is 1.94. The molecule has 0 unspecified atom stereocenters. The zero-order valence-electron chi connectivity index (χ0n) is 12.3. The van der Waals surface area contributed by atoms with Crippen LogP contribution in [-0.4, -0.2) is 29.0 Å². The molecular formula is C15H14FN5OS. The van der Waals surface area contributed by atoms with E-state index in [0.29, 0.717) is 29.8 Å². The van der Waals surface area contributed by atoms with Gasteiger partial charge in [0, 0.05) is 12.1 Å². The van der Waals surface area contributed by atoms with Crippen LogP contribution in [0, 0.1) is 17.1 Å². The topological polar surface area (TPSA) is 82.9 Å². The number of ether oxygens (including phenoxy) is 1. The van der Waals surface area contributed by atoms with Crippen LogP contribution in [0.2, 0.25) is 0 Å². The summed E-state index contributed by atoms with van der Waals surface area (Å²) in [6.07, 6.45) is 1.81. The van der Waals surface area contributed by atoms with Crippen molar-refractivity contribution in [2.24, 2.45) is 0 Å². The van der Waals surface area contributed by atoms with E-state index >= 15 is 0 Å². The van der Waals surface area contributed by atoms with E-state index < -0.39 is 0 Å². The van der Waals surface area contributed by atoms with Crippen LogP contribution in [-0.2, 0) is 6.42 Å². The van der Waals surface area contributed by atoms with Gasteiger partial charge >= 0.3 is 0 Å². The van der Waals surface area contributed by atoms with Crippen molar-refractivity contribution in [3.8, 4) is 11.8 Å². The summed E-state index contributed by atoms with van der Waals surface area (Å²) in [6, 6.07) is 8.19. The first-order valence-electron chi connectivity index (χ1n) is 6.73. The lowest BCUT2D eigenvalue weighted by Crippen LogP contribution is -2.31. The summed E-state index contributed by atoms with van der Waals surface area (Å²) >= 11 is 5.13. The normalized spacial score (nSPS) is 9.78. The van der Waals surface area contributed by atoms with Crippen LogP contribution in [0.5, 0.6) is 5.75 Å². The monoisotopic (exact) mass is 331 g/mol. The third-order valence-corrected chi connectivity index (χ3v) is 3.28. The predicted octanol–water partition coefficient (Wildman–Crippen LogP) is 2.03. The van der Waals surface area contributed by atoms with E-state index in [9.17, 15) is 4.39 Å². The zero-order valence-corrected chi connectivity index (χ0v) is 13.2. The number of thiocarbonyl (C=S) groups is 1. The molecule has 0 saturated carbocycles. The Hall–Kier alpha value is -2.79. The molecule has 0 amide bonds. The van der Waals surface area contributed by atoms with Gasteiger partial charge in [0.15, 0.2) is 10.9 Å². The summed E-state index contributed by atoms with van der Waals surface area (Å²) in [5.41, 5.74) is 0.808. The molecule has 2 N–H and O–H groups in total. The number of hydrogen-bond donors (Lipinski definition) is 2. The first-order valence-corrected chi connectivity index (χ1v) is 7.14. The van der Waals surface area contributed by atoms with Crippen molar-refractivity contribution in [3.63, 3.8) is 0 Å². The molecule has 0 saturated heterocycles. The number of nitrogens with zero attached hydrogens (tertiary/aromatic N) is 3. The lowest BCUT2D eigenvalue weighted by atomic mass is 10.1. The SMILES string of the molecule is COc1cccc(F)c1CCNC(=S)Nc1nnccc1C#N. The molecule has 1 aromatic heterocycles. The third kappa shape index (κ3) is 4.34. The Kier molecular flexibility index (Phi) is 5.77. The minimum Gasteiger partial charge on any atom is -0.496 e. The number of anilines is 1. The fraction of sp³-hybridized carbons (Fsp3) is 0.200. The Bertz CT molecular complexity index is 747. The van der Waals surface area contributed by atoms with Crippen LogP contribution in [0.25, 0.3) is 0 Å². The van der Waals surface area contributed by atoms with E-state index in [1.165, 1.54) is 25.4 Å². The minimum atomic E-state index is -0.328. The van der Waals surface area contributed by atoms with E-state index in [1.807, 2.05) is 6.07 Å². The van der Waals surface area contributed by atoms with Gasteiger partial charge in [-0.25, -0.2) is 4.39 Å². The van der Waals surface area contributed by atoms with Crippen LogP contribution in [0.1, 0.15) is 11.1 Å². The van der Waals surface area contributed by atoms with Gasteiger partial charge in [-0.3, -0.25) is 0 Å². The van der Waals surface area contributed by atoms with E-state index in [4.69, 9.17) is 22.2 Å². The summed E-state index contributed by atoms with van der Waals surface area (Å²) in [6.45, 7) is 0.394. The van der Waals surface area contributed by atoms with Gasteiger partial charge in [-0.05, 0) is 36.8 Å². The smallest absolute Gasteiger partial charge is 0.172 e. The molecule has 0 aliphatic rings. The van der Waals surface area contributed by atoms with Gasteiger partial charge in [-0.2, -0.15) is 10.4 Å². The van der Waals surface area contributed by atoms with Gasteiger partial charge in [-0.15, -0.1) is 5.10 Å². The highest BCUT2D eigenvalue weighted by Crippen LogP contribution is 2.21. The van der Waals surface area contributed by atoms with Gasteiger partial charge in [0.1, 0.15) is 17.6 Å². The number of aromatic nitrogens is 2. The molecule has 0 spiro atoms. The molecule has 23 heavy (non-hydrogen) atoms. The number of hydrogen-bond acceptors (Lipinski definition) is 5. The highest BCUT2D eigenvalue weighted by atomic mass is 32.1. The summed E-state index contributed by atoms with van der Waals surface area (Å²) in [5, 5.41) is 22.5. The quantitative estimate of drug-likeness (QED) is 0.811. The standard InChI is InChI=1S/C15H14FN5OS/c1-22-13-4-2-3-12(16)11(13)6-7-18-15(23)20-14-10(9-17)5-8-19-21-14/h2-5,8H,6-7H2,1H3,(H2,18,20,21,23). The lowest BCUT2D eigenvalue weighted by Gasteiger charge is -2.12. The van der Waals surface area contributed by atoms with E-state index in [1.54, 1.807) is 12.1 Å². The number of methoxy groups -OCH3 is 1. The van der Waals surface area contributed by atoms with E-state index in [0.717, 1.165) is 0 Å². The Morgan fingerprint density at radius 2 is 2.26 bits per heavy atom.